The maximum Gasteiger partial charge on any atom is 0.302 e. The van der Waals surface area contributed by atoms with Gasteiger partial charge >= 0.3 is 5.97 Å². The second-order valence-corrected chi connectivity index (χ2v) is 7.60. The number of rotatable bonds is 12. The van der Waals surface area contributed by atoms with Gasteiger partial charge in [-0.3, -0.25) is 4.79 Å². The van der Waals surface area contributed by atoms with E-state index >= 15 is 0 Å². The van der Waals surface area contributed by atoms with Gasteiger partial charge in [0.05, 0.1) is 32.5 Å². The van der Waals surface area contributed by atoms with Crippen molar-refractivity contribution in [3.8, 4) is 5.75 Å². The molecule has 6 nitrogen and oxygen atoms in total. The van der Waals surface area contributed by atoms with Gasteiger partial charge < -0.3 is 24.4 Å². The smallest absolute Gasteiger partial charge is 0.302 e. The number of hydrogen-bond donors (Lipinski definition) is 2. The topological polar surface area (TPSA) is 85.2 Å². The zero-order valence-corrected chi connectivity index (χ0v) is 17.9. The molecular weight excluding hydrogens is 360 g/mol. The zero-order chi connectivity index (χ0) is 21.3. The maximum atomic E-state index is 11.5. The standard InChI is InChI=1S/C22H36O6/c1-7-20(24)15(3)22(28-17(5)23)16(4)21(25)14(2)12-27-13-18-8-10-19(26-6)11-9-18/h8-11,14-16,20-22,24-25H,7,12-13H2,1-6H3/t14-,15+,16+,20?,21-,22+/m1/s1. The van der Waals surface area contributed by atoms with Crippen LogP contribution in [-0.2, 0) is 20.9 Å². The Labute approximate surface area is 168 Å². The van der Waals surface area contributed by atoms with Crippen LogP contribution in [0.15, 0.2) is 24.3 Å². The van der Waals surface area contributed by atoms with E-state index in [2.05, 4.69) is 0 Å². The molecule has 6 atom stereocenters. The van der Waals surface area contributed by atoms with Crippen molar-refractivity contribution in [3.05, 3.63) is 29.8 Å². The molecule has 0 radical (unpaired) electrons. The van der Waals surface area contributed by atoms with E-state index in [1.165, 1.54) is 6.92 Å². The van der Waals surface area contributed by atoms with E-state index < -0.39 is 24.3 Å². The predicted octanol–water partition coefficient (Wildman–Crippen LogP) is 3.18. The highest BCUT2D eigenvalue weighted by Crippen LogP contribution is 2.27. The van der Waals surface area contributed by atoms with E-state index in [9.17, 15) is 15.0 Å². The molecule has 1 rings (SSSR count). The molecule has 160 valence electrons. The predicted molar refractivity (Wildman–Crippen MR) is 108 cm³/mol. The van der Waals surface area contributed by atoms with Gasteiger partial charge in [-0.1, -0.05) is 39.8 Å². The number of aliphatic hydroxyl groups is 2. The van der Waals surface area contributed by atoms with Gasteiger partial charge in [0.2, 0.25) is 0 Å². The molecule has 0 saturated carbocycles. The second kappa shape index (κ2) is 12.0. The summed E-state index contributed by atoms with van der Waals surface area (Å²) in [6.07, 6.45) is -1.33. The summed E-state index contributed by atoms with van der Waals surface area (Å²) in [6, 6.07) is 7.63. The second-order valence-electron chi connectivity index (χ2n) is 7.60. The molecule has 28 heavy (non-hydrogen) atoms. The first kappa shape index (κ1) is 24.4. The molecule has 0 bridgehead atoms. The lowest BCUT2D eigenvalue weighted by Gasteiger charge is -2.35. The van der Waals surface area contributed by atoms with Crippen LogP contribution in [-0.4, -0.2) is 48.2 Å². The minimum absolute atomic E-state index is 0.155. The monoisotopic (exact) mass is 396 g/mol. The highest BCUT2D eigenvalue weighted by atomic mass is 16.5. The first-order valence-corrected chi connectivity index (χ1v) is 9.95. The van der Waals surface area contributed by atoms with Crippen molar-refractivity contribution >= 4 is 5.97 Å². The number of esters is 1. The van der Waals surface area contributed by atoms with Crippen LogP contribution in [0, 0.1) is 17.8 Å². The summed E-state index contributed by atoms with van der Waals surface area (Å²) >= 11 is 0. The zero-order valence-electron chi connectivity index (χ0n) is 17.9. The number of methoxy groups -OCH3 is 1. The summed E-state index contributed by atoms with van der Waals surface area (Å²) in [5.74, 6) is -0.383. The van der Waals surface area contributed by atoms with Crippen LogP contribution in [0.5, 0.6) is 5.75 Å². The van der Waals surface area contributed by atoms with Gasteiger partial charge in [-0.25, -0.2) is 0 Å². The number of benzene rings is 1. The van der Waals surface area contributed by atoms with Gasteiger partial charge in [-0.2, -0.15) is 0 Å². The van der Waals surface area contributed by atoms with Crippen molar-refractivity contribution in [2.45, 2.75) is 66.0 Å². The minimum atomic E-state index is -0.730. The Morgan fingerprint density at radius 2 is 1.68 bits per heavy atom. The molecule has 0 spiro atoms. The Bertz CT molecular complexity index is 573. The summed E-state index contributed by atoms with van der Waals surface area (Å²) in [6.45, 7) is 9.62. The lowest BCUT2D eigenvalue weighted by molar-refractivity contribution is -0.160. The molecular formula is C22H36O6. The van der Waals surface area contributed by atoms with E-state index in [-0.39, 0.29) is 17.8 Å². The Balaban J connectivity index is 2.63. The van der Waals surface area contributed by atoms with Crippen LogP contribution >= 0.6 is 0 Å². The van der Waals surface area contributed by atoms with E-state index in [4.69, 9.17) is 14.2 Å². The normalized spacial score (nSPS) is 17.9. The van der Waals surface area contributed by atoms with Crippen LogP contribution in [0.3, 0.4) is 0 Å². The summed E-state index contributed by atoms with van der Waals surface area (Å²) < 4.78 is 16.3. The van der Waals surface area contributed by atoms with Gasteiger partial charge in [0.25, 0.3) is 0 Å². The van der Waals surface area contributed by atoms with Crippen molar-refractivity contribution in [3.63, 3.8) is 0 Å². The quantitative estimate of drug-likeness (QED) is 0.528. The van der Waals surface area contributed by atoms with Crippen LogP contribution in [0.1, 0.15) is 46.6 Å². The van der Waals surface area contributed by atoms with E-state index in [1.807, 2.05) is 52.0 Å². The molecule has 0 aromatic heterocycles. The molecule has 0 saturated heterocycles. The summed E-state index contributed by atoms with van der Waals surface area (Å²) in [5.41, 5.74) is 1.02. The van der Waals surface area contributed by atoms with Crippen LogP contribution in [0.4, 0.5) is 0 Å². The average Bonchev–Trinajstić information content (AvgIpc) is 2.69. The Kier molecular flexibility index (Phi) is 10.5. The number of aliphatic hydroxyl groups excluding tert-OH is 2. The SMILES string of the molecule is CCC(O)[C@H](C)[C@H](OC(C)=O)[C@@H](C)[C@H](O)[C@H](C)COCc1ccc(OC)cc1. The average molecular weight is 397 g/mol. The molecule has 6 heteroatoms. The third-order valence-corrected chi connectivity index (χ3v) is 5.29. The molecule has 1 unspecified atom stereocenters. The highest BCUT2D eigenvalue weighted by Gasteiger charge is 2.36. The number of carbonyl (C=O) groups excluding carboxylic acids is 1. The first-order valence-electron chi connectivity index (χ1n) is 9.95. The first-order chi connectivity index (χ1) is 13.2. The number of carbonyl (C=O) groups is 1. The van der Waals surface area contributed by atoms with Gasteiger partial charge in [0.15, 0.2) is 0 Å². The molecule has 0 aliphatic carbocycles. The number of ether oxygens (including phenoxy) is 3. The fourth-order valence-corrected chi connectivity index (χ4v) is 3.37. The largest absolute Gasteiger partial charge is 0.497 e. The fourth-order valence-electron chi connectivity index (χ4n) is 3.37. The van der Waals surface area contributed by atoms with Crippen molar-refractivity contribution in [2.75, 3.05) is 13.7 Å². The highest BCUT2D eigenvalue weighted by molar-refractivity contribution is 5.66. The van der Waals surface area contributed by atoms with E-state index in [0.29, 0.717) is 19.6 Å². The molecule has 0 fully saturated rings. The molecule has 1 aromatic carbocycles. The van der Waals surface area contributed by atoms with Crippen molar-refractivity contribution in [1.82, 2.24) is 0 Å². The Morgan fingerprint density at radius 1 is 1.07 bits per heavy atom. The van der Waals surface area contributed by atoms with Crippen molar-refractivity contribution in [1.29, 1.82) is 0 Å². The molecule has 1 aromatic rings. The maximum absolute atomic E-state index is 11.5. The third kappa shape index (κ3) is 7.41. The van der Waals surface area contributed by atoms with Crippen molar-refractivity contribution < 1.29 is 29.2 Å². The lowest BCUT2D eigenvalue weighted by Crippen LogP contribution is -2.44. The van der Waals surface area contributed by atoms with Crippen LogP contribution < -0.4 is 4.74 Å². The Morgan fingerprint density at radius 3 is 2.18 bits per heavy atom. The summed E-state index contributed by atoms with van der Waals surface area (Å²) in [4.78, 5) is 11.5. The lowest BCUT2D eigenvalue weighted by atomic mass is 9.81. The van der Waals surface area contributed by atoms with E-state index in [1.54, 1.807) is 7.11 Å². The molecule has 0 aliphatic heterocycles. The van der Waals surface area contributed by atoms with Gasteiger partial charge in [0, 0.05) is 24.7 Å². The van der Waals surface area contributed by atoms with Gasteiger partial charge in [-0.05, 0) is 24.1 Å². The fraction of sp³-hybridized carbons (Fsp3) is 0.682. The van der Waals surface area contributed by atoms with Crippen LogP contribution in [0.2, 0.25) is 0 Å². The summed E-state index contributed by atoms with van der Waals surface area (Å²) in [5, 5.41) is 20.9. The van der Waals surface area contributed by atoms with Gasteiger partial charge in [0.1, 0.15) is 11.9 Å². The van der Waals surface area contributed by atoms with E-state index in [0.717, 1.165) is 11.3 Å². The summed E-state index contributed by atoms with van der Waals surface area (Å²) in [7, 11) is 1.62. The number of hydrogen-bond acceptors (Lipinski definition) is 6. The molecule has 0 heterocycles. The minimum Gasteiger partial charge on any atom is -0.497 e. The third-order valence-electron chi connectivity index (χ3n) is 5.29. The van der Waals surface area contributed by atoms with Crippen LogP contribution in [0.25, 0.3) is 0 Å². The van der Waals surface area contributed by atoms with Gasteiger partial charge in [-0.15, -0.1) is 0 Å². The molecule has 0 amide bonds. The Hall–Kier alpha value is -1.63. The van der Waals surface area contributed by atoms with Crippen molar-refractivity contribution in [2.24, 2.45) is 17.8 Å². The molecule has 0 aliphatic rings. The molecule has 2 N–H and O–H groups in total.